The van der Waals surface area contributed by atoms with Gasteiger partial charge >= 0.3 is 0 Å². The first-order valence-electron chi connectivity index (χ1n) is 6.13. The molecule has 0 saturated heterocycles. The van der Waals surface area contributed by atoms with Gasteiger partial charge in [0.1, 0.15) is 6.10 Å². The molecular formula is C12H26O4. The second kappa shape index (κ2) is 7.22. The third-order valence-corrected chi connectivity index (χ3v) is 2.73. The molecule has 98 valence electrons. The lowest BCUT2D eigenvalue weighted by Gasteiger charge is -2.35. The highest BCUT2D eigenvalue weighted by Gasteiger charge is 2.36. The van der Waals surface area contributed by atoms with E-state index in [9.17, 15) is 15.3 Å². The van der Waals surface area contributed by atoms with Crippen LogP contribution < -0.4 is 0 Å². The zero-order valence-electron chi connectivity index (χ0n) is 10.8. The third kappa shape index (κ3) is 4.78. The van der Waals surface area contributed by atoms with E-state index in [4.69, 9.17) is 4.74 Å². The quantitative estimate of drug-likeness (QED) is 0.556. The van der Waals surface area contributed by atoms with E-state index in [0.717, 1.165) is 6.42 Å². The van der Waals surface area contributed by atoms with Gasteiger partial charge in [0.05, 0.1) is 12.2 Å². The Balaban J connectivity index is 4.56. The molecule has 0 rings (SSSR count). The molecule has 0 aliphatic carbocycles. The SMILES string of the molecule is CCCC(OC(O)(CCC)C(C)O)C(C)O. The van der Waals surface area contributed by atoms with Crippen LogP contribution in [0.4, 0.5) is 0 Å². The predicted octanol–water partition coefficient (Wildman–Crippen LogP) is 1.42. The maximum Gasteiger partial charge on any atom is 0.192 e. The predicted molar refractivity (Wildman–Crippen MR) is 63.0 cm³/mol. The summed E-state index contributed by atoms with van der Waals surface area (Å²) in [6.45, 7) is 7.03. The summed E-state index contributed by atoms with van der Waals surface area (Å²) in [6.07, 6.45) is 0.537. The fraction of sp³-hybridized carbons (Fsp3) is 1.00. The van der Waals surface area contributed by atoms with E-state index in [-0.39, 0.29) is 0 Å². The zero-order valence-corrected chi connectivity index (χ0v) is 10.8. The molecule has 4 heteroatoms. The van der Waals surface area contributed by atoms with Crippen LogP contribution in [0.3, 0.4) is 0 Å². The Morgan fingerprint density at radius 1 is 1.12 bits per heavy atom. The molecule has 16 heavy (non-hydrogen) atoms. The van der Waals surface area contributed by atoms with Gasteiger partial charge in [0.25, 0.3) is 0 Å². The Hall–Kier alpha value is -0.160. The largest absolute Gasteiger partial charge is 0.391 e. The van der Waals surface area contributed by atoms with Gasteiger partial charge in [-0.05, 0) is 20.3 Å². The first-order chi connectivity index (χ1) is 7.37. The summed E-state index contributed by atoms with van der Waals surface area (Å²) in [6, 6.07) is 0. The van der Waals surface area contributed by atoms with Gasteiger partial charge in [-0.15, -0.1) is 0 Å². The standard InChI is InChI=1S/C12H26O4/c1-5-7-11(9(3)13)16-12(15,8-6-2)10(4)14/h9-11,13-15H,5-8H2,1-4H3. The lowest BCUT2D eigenvalue weighted by molar-refractivity contribution is -0.288. The van der Waals surface area contributed by atoms with Crippen LogP contribution in [-0.4, -0.2) is 39.4 Å². The second-order valence-electron chi connectivity index (χ2n) is 4.46. The molecule has 0 amide bonds. The highest BCUT2D eigenvalue weighted by atomic mass is 16.6. The van der Waals surface area contributed by atoms with Gasteiger partial charge in [0.15, 0.2) is 5.79 Å². The summed E-state index contributed by atoms with van der Waals surface area (Å²) in [5, 5.41) is 29.2. The van der Waals surface area contributed by atoms with Gasteiger partial charge in [0, 0.05) is 6.42 Å². The topological polar surface area (TPSA) is 69.9 Å². The number of hydrogen-bond acceptors (Lipinski definition) is 4. The molecule has 0 fully saturated rings. The molecule has 0 radical (unpaired) electrons. The van der Waals surface area contributed by atoms with E-state index >= 15 is 0 Å². The second-order valence-corrected chi connectivity index (χ2v) is 4.46. The van der Waals surface area contributed by atoms with Crippen molar-refractivity contribution >= 4 is 0 Å². The van der Waals surface area contributed by atoms with Crippen LogP contribution in [0, 0.1) is 0 Å². The highest BCUT2D eigenvalue weighted by Crippen LogP contribution is 2.24. The van der Waals surface area contributed by atoms with Crippen molar-refractivity contribution in [1.82, 2.24) is 0 Å². The minimum Gasteiger partial charge on any atom is -0.391 e. The lowest BCUT2D eigenvalue weighted by Crippen LogP contribution is -2.48. The van der Waals surface area contributed by atoms with E-state index in [2.05, 4.69) is 0 Å². The van der Waals surface area contributed by atoms with Gasteiger partial charge in [-0.2, -0.15) is 0 Å². The Kier molecular flexibility index (Phi) is 7.15. The molecule has 4 unspecified atom stereocenters. The molecule has 4 nitrogen and oxygen atoms in total. The molecule has 4 atom stereocenters. The van der Waals surface area contributed by atoms with E-state index in [1.165, 1.54) is 6.92 Å². The average molecular weight is 234 g/mol. The maximum atomic E-state index is 10.2. The Morgan fingerprint density at radius 3 is 2.00 bits per heavy atom. The molecule has 0 aromatic rings. The van der Waals surface area contributed by atoms with E-state index < -0.39 is 24.1 Å². The third-order valence-electron chi connectivity index (χ3n) is 2.73. The van der Waals surface area contributed by atoms with Crippen LogP contribution in [-0.2, 0) is 4.74 Å². The smallest absolute Gasteiger partial charge is 0.192 e. The first kappa shape index (κ1) is 15.8. The molecule has 0 bridgehead atoms. The fourth-order valence-corrected chi connectivity index (χ4v) is 1.67. The van der Waals surface area contributed by atoms with Crippen LogP contribution in [0.5, 0.6) is 0 Å². The number of hydrogen-bond donors (Lipinski definition) is 3. The van der Waals surface area contributed by atoms with Crippen molar-refractivity contribution in [2.45, 2.75) is 77.5 Å². The van der Waals surface area contributed by atoms with E-state index in [1.54, 1.807) is 6.92 Å². The van der Waals surface area contributed by atoms with Crippen LogP contribution in [0.25, 0.3) is 0 Å². The van der Waals surface area contributed by atoms with E-state index in [1.807, 2.05) is 13.8 Å². The summed E-state index contributed by atoms with van der Waals surface area (Å²) in [7, 11) is 0. The zero-order chi connectivity index (χ0) is 12.8. The molecule has 0 heterocycles. The minimum atomic E-state index is -1.55. The van der Waals surface area contributed by atoms with Crippen molar-refractivity contribution < 1.29 is 20.1 Å². The van der Waals surface area contributed by atoms with Gasteiger partial charge < -0.3 is 20.1 Å². The summed E-state index contributed by atoms with van der Waals surface area (Å²) >= 11 is 0. The highest BCUT2D eigenvalue weighted by molar-refractivity contribution is 4.77. The lowest BCUT2D eigenvalue weighted by atomic mass is 10.0. The maximum absolute atomic E-state index is 10.2. The Morgan fingerprint density at radius 2 is 1.69 bits per heavy atom. The number of ether oxygens (including phenoxy) is 1. The van der Waals surface area contributed by atoms with Crippen molar-refractivity contribution in [2.75, 3.05) is 0 Å². The van der Waals surface area contributed by atoms with Gasteiger partial charge in [-0.3, -0.25) is 0 Å². The van der Waals surface area contributed by atoms with Crippen LogP contribution >= 0.6 is 0 Å². The molecule has 0 aliphatic rings. The number of aliphatic hydroxyl groups excluding tert-OH is 2. The summed E-state index contributed by atoms with van der Waals surface area (Å²) in [5.41, 5.74) is 0. The Labute approximate surface area is 98.2 Å². The van der Waals surface area contributed by atoms with Crippen molar-refractivity contribution in [3.05, 3.63) is 0 Å². The average Bonchev–Trinajstić information content (AvgIpc) is 2.17. The molecule has 0 saturated carbocycles. The van der Waals surface area contributed by atoms with Crippen molar-refractivity contribution in [1.29, 1.82) is 0 Å². The van der Waals surface area contributed by atoms with E-state index in [0.29, 0.717) is 19.3 Å². The van der Waals surface area contributed by atoms with Gasteiger partial charge in [0.2, 0.25) is 0 Å². The van der Waals surface area contributed by atoms with Gasteiger partial charge in [-0.1, -0.05) is 26.7 Å². The molecule has 0 spiro atoms. The van der Waals surface area contributed by atoms with Gasteiger partial charge in [-0.25, -0.2) is 0 Å². The molecule has 0 aromatic heterocycles. The van der Waals surface area contributed by atoms with Crippen LogP contribution in [0.15, 0.2) is 0 Å². The first-order valence-corrected chi connectivity index (χ1v) is 6.13. The Bertz CT molecular complexity index is 182. The fourth-order valence-electron chi connectivity index (χ4n) is 1.67. The molecule has 0 aromatic carbocycles. The molecule has 3 N–H and O–H groups in total. The number of rotatable bonds is 8. The van der Waals surface area contributed by atoms with Crippen LogP contribution in [0.2, 0.25) is 0 Å². The monoisotopic (exact) mass is 234 g/mol. The molecular weight excluding hydrogens is 208 g/mol. The summed E-state index contributed by atoms with van der Waals surface area (Å²) in [5.74, 6) is -1.55. The van der Waals surface area contributed by atoms with Crippen LogP contribution in [0.1, 0.15) is 53.4 Å². The van der Waals surface area contributed by atoms with Crippen molar-refractivity contribution in [2.24, 2.45) is 0 Å². The van der Waals surface area contributed by atoms with Crippen molar-refractivity contribution in [3.63, 3.8) is 0 Å². The number of aliphatic hydroxyl groups is 3. The normalized spacial score (nSPS) is 21.2. The van der Waals surface area contributed by atoms with Crippen molar-refractivity contribution in [3.8, 4) is 0 Å². The molecule has 0 aliphatic heterocycles. The minimum absolute atomic E-state index is 0.359. The summed E-state index contributed by atoms with van der Waals surface area (Å²) < 4.78 is 5.50. The summed E-state index contributed by atoms with van der Waals surface area (Å²) in [4.78, 5) is 0.